The van der Waals surface area contributed by atoms with E-state index in [9.17, 15) is 19.0 Å². The number of halogens is 3. The Morgan fingerprint density at radius 1 is 1.31 bits per heavy atom. The summed E-state index contributed by atoms with van der Waals surface area (Å²) in [5, 5.41) is 19.6. The van der Waals surface area contributed by atoms with Gasteiger partial charge in [-0.1, -0.05) is 15.9 Å². The van der Waals surface area contributed by atoms with E-state index < -0.39 is 23.8 Å². The van der Waals surface area contributed by atoms with E-state index in [0.29, 0.717) is 11.4 Å². The van der Waals surface area contributed by atoms with Crippen LogP contribution in [0.4, 0.5) is 14.5 Å². The molecule has 6 heteroatoms. The second kappa shape index (κ2) is 5.56. The van der Waals surface area contributed by atoms with E-state index in [1.165, 1.54) is 0 Å². The van der Waals surface area contributed by atoms with Crippen molar-refractivity contribution in [2.75, 3.05) is 11.1 Å². The molecule has 0 bridgehead atoms. The van der Waals surface area contributed by atoms with E-state index in [1.54, 1.807) is 0 Å². The van der Waals surface area contributed by atoms with Gasteiger partial charge in [0.25, 0.3) is 0 Å². The molecular formula is C10H12BrF2NO2. The van der Waals surface area contributed by atoms with E-state index in [0.717, 1.165) is 6.07 Å². The molecule has 0 spiro atoms. The number of anilines is 1. The van der Waals surface area contributed by atoms with Crippen molar-refractivity contribution >= 4 is 21.6 Å². The van der Waals surface area contributed by atoms with Crippen LogP contribution in [-0.4, -0.2) is 21.6 Å². The summed E-state index contributed by atoms with van der Waals surface area (Å²) in [4.78, 5) is 0. The second-order valence-electron chi connectivity index (χ2n) is 3.38. The van der Waals surface area contributed by atoms with Crippen LogP contribution >= 0.6 is 15.9 Å². The van der Waals surface area contributed by atoms with Gasteiger partial charge in [-0.25, -0.2) is 8.78 Å². The summed E-state index contributed by atoms with van der Waals surface area (Å²) in [7, 11) is 0. The van der Waals surface area contributed by atoms with Crippen molar-refractivity contribution in [3.8, 4) is 0 Å². The minimum Gasteiger partial charge on any atom is -0.396 e. The van der Waals surface area contributed by atoms with E-state index >= 15 is 0 Å². The normalized spacial score (nSPS) is 14.8. The predicted octanol–water partition coefficient (Wildman–Crippen LogP) is 1.73. The third kappa shape index (κ3) is 2.90. The molecular weight excluding hydrogens is 284 g/mol. The van der Waals surface area contributed by atoms with Crippen molar-refractivity contribution in [3.63, 3.8) is 0 Å². The lowest BCUT2D eigenvalue weighted by Gasteiger charge is -2.19. The van der Waals surface area contributed by atoms with Crippen LogP contribution in [0, 0.1) is 11.6 Å². The first-order valence-corrected chi connectivity index (χ1v) is 5.76. The molecule has 0 saturated carbocycles. The SMILES string of the molecule is Nc1c(F)cc(F)cc1C(O)C(O)CCBr. The maximum Gasteiger partial charge on any atom is 0.149 e. The number of nitrogen functional groups attached to an aromatic ring is 1. The number of hydrogen-bond acceptors (Lipinski definition) is 3. The molecule has 0 fully saturated rings. The predicted molar refractivity (Wildman–Crippen MR) is 60.1 cm³/mol. The number of benzene rings is 1. The first-order chi connectivity index (χ1) is 7.47. The molecule has 3 nitrogen and oxygen atoms in total. The van der Waals surface area contributed by atoms with Gasteiger partial charge in [-0.15, -0.1) is 0 Å². The Labute approximate surface area is 100 Å². The molecule has 0 saturated heterocycles. The highest BCUT2D eigenvalue weighted by Crippen LogP contribution is 2.27. The molecule has 0 radical (unpaired) electrons. The summed E-state index contributed by atoms with van der Waals surface area (Å²) in [6.07, 6.45) is -2.27. The average Bonchev–Trinajstić information content (AvgIpc) is 2.22. The Morgan fingerprint density at radius 2 is 1.94 bits per heavy atom. The van der Waals surface area contributed by atoms with Gasteiger partial charge in [0.1, 0.15) is 17.7 Å². The third-order valence-electron chi connectivity index (χ3n) is 2.21. The monoisotopic (exact) mass is 295 g/mol. The largest absolute Gasteiger partial charge is 0.396 e. The molecule has 4 N–H and O–H groups in total. The molecule has 90 valence electrons. The van der Waals surface area contributed by atoms with Crippen molar-refractivity contribution in [3.05, 3.63) is 29.3 Å². The zero-order chi connectivity index (χ0) is 12.3. The van der Waals surface area contributed by atoms with Crippen molar-refractivity contribution in [2.45, 2.75) is 18.6 Å². The van der Waals surface area contributed by atoms with Crippen molar-refractivity contribution in [2.24, 2.45) is 0 Å². The second-order valence-corrected chi connectivity index (χ2v) is 4.17. The summed E-state index contributed by atoms with van der Waals surface area (Å²) < 4.78 is 26.0. The molecule has 0 heterocycles. The third-order valence-corrected chi connectivity index (χ3v) is 2.67. The lowest BCUT2D eigenvalue weighted by molar-refractivity contribution is 0.0175. The fourth-order valence-corrected chi connectivity index (χ4v) is 1.80. The van der Waals surface area contributed by atoms with E-state index in [1.807, 2.05) is 0 Å². The number of alkyl halides is 1. The van der Waals surface area contributed by atoms with Crippen LogP contribution in [-0.2, 0) is 0 Å². The van der Waals surface area contributed by atoms with Gasteiger partial charge in [0.2, 0.25) is 0 Å². The molecule has 1 rings (SSSR count). The zero-order valence-electron chi connectivity index (χ0n) is 8.33. The number of aliphatic hydroxyl groups excluding tert-OH is 2. The maximum atomic E-state index is 13.1. The Kier molecular flexibility index (Phi) is 4.64. The topological polar surface area (TPSA) is 66.5 Å². The van der Waals surface area contributed by atoms with Gasteiger partial charge < -0.3 is 15.9 Å². The van der Waals surface area contributed by atoms with Crippen LogP contribution < -0.4 is 5.73 Å². The van der Waals surface area contributed by atoms with E-state index in [4.69, 9.17) is 5.73 Å². The highest BCUT2D eigenvalue weighted by Gasteiger charge is 2.22. The highest BCUT2D eigenvalue weighted by atomic mass is 79.9. The lowest BCUT2D eigenvalue weighted by Crippen LogP contribution is -2.20. The quantitative estimate of drug-likeness (QED) is 0.585. The Bertz CT molecular complexity index is 376. The zero-order valence-corrected chi connectivity index (χ0v) is 9.92. The first-order valence-electron chi connectivity index (χ1n) is 4.64. The van der Waals surface area contributed by atoms with Gasteiger partial charge >= 0.3 is 0 Å². The summed E-state index contributed by atoms with van der Waals surface area (Å²) >= 11 is 3.09. The minimum atomic E-state index is -1.40. The fourth-order valence-electron chi connectivity index (χ4n) is 1.33. The smallest absolute Gasteiger partial charge is 0.149 e. The number of hydrogen-bond donors (Lipinski definition) is 3. The first kappa shape index (κ1) is 13.3. The maximum absolute atomic E-state index is 13.1. The van der Waals surface area contributed by atoms with Gasteiger partial charge in [-0.2, -0.15) is 0 Å². The lowest BCUT2D eigenvalue weighted by atomic mass is 10.0. The summed E-state index contributed by atoms with van der Waals surface area (Å²) in [5.41, 5.74) is 4.88. The highest BCUT2D eigenvalue weighted by molar-refractivity contribution is 9.09. The molecule has 2 atom stereocenters. The van der Waals surface area contributed by atoms with Gasteiger partial charge in [0, 0.05) is 17.0 Å². The van der Waals surface area contributed by atoms with Crippen LogP contribution in [0.5, 0.6) is 0 Å². The molecule has 0 aromatic heterocycles. The molecule has 0 aliphatic rings. The molecule has 16 heavy (non-hydrogen) atoms. The van der Waals surface area contributed by atoms with Crippen molar-refractivity contribution in [1.29, 1.82) is 0 Å². The van der Waals surface area contributed by atoms with Crippen LogP contribution in [0.2, 0.25) is 0 Å². The summed E-state index contributed by atoms with van der Waals surface area (Å²) in [6.45, 7) is 0. The van der Waals surface area contributed by atoms with E-state index in [2.05, 4.69) is 15.9 Å². The molecule has 0 amide bonds. The van der Waals surface area contributed by atoms with Crippen LogP contribution in [0.25, 0.3) is 0 Å². The van der Waals surface area contributed by atoms with Crippen LogP contribution in [0.1, 0.15) is 18.1 Å². The van der Waals surface area contributed by atoms with E-state index in [-0.39, 0.29) is 17.7 Å². The van der Waals surface area contributed by atoms with Gasteiger partial charge in [0.05, 0.1) is 11.8 Å². The van der Waals surface area contributed by atoms with Crippen molar-refractivity contribution < 1.29 is 19.0 Å². The van der Waals surface area contributed by atoms with Gasteiger partial charge in [0.15, 0.2) is 0 Å². The Hall–Kier alpha value is -0.720. The standard InChI is InChI=1S/C10H12BrF2NO2/c11-2-1-8(15)10(16)6-3-5(12)4-7(13)9(6)14/h3-4,8,10,15-16H,1-2,14H2. The molecule has 2 unspecified atom stereocenters. The molecule has 0 aliphatic heterocycles. The number of rotatable bonds is 4. The molecule has 1 aromatic carbocycles. The average molecular weight is 296 g/mol. The number of aliphatic hydroxyl groups is 2. The fraction of sp³-hybridized carbons (Fsp3) is 0.400. The summed E-state index contributed by atoms with van der Waals surface area (Å²) in [6, 6.07) is 1.54. The Balaban J connectivity index is 3.03. The van der Waals surface area contributed by atoms with Crippen molar-refractivity contribution in [1.82, 2.24) is 0 Å². The summed E-state index contributed by atoms with van der Waals surface area (Å²) in [5.74, 6) is -1.79. The van der Waals surface area contributed by atoms with Gasteiger partial charge in [-0.05, 0) is 12.5 Å². The molecule has 0 aliphatic carbocycles. The molecule has 1 aromatic rings. The number of nitrogens with two attached hydrogens (primary N) is 1. The minimum absolute atomic E-state index is 0.133. The van der Waals surface area contributed by atoms with Gasteiger partial charge in [-0.3, -0.25) is 0 Å². The van der Waals surface area contributed by atoms with Crippen LogP contribution in [0.3, 0.4) is 0 Å². The van der Waals surface area contributed by atoms with Crippen LogP contribution in [0.15, 0.2) is 12.1 Å². The Morgan fingerprint density at radius 3 is 2.50 bits per heavy atom.